The number of fused-ring (bicyclic) bond motifs is 1. The summed E-state index contributed by atoms with van der Waals surface area (Å²) in [5.41, 5.74) is 3.67. The van der Waals surface area contributed by atoms with Crippen LogP contribution in [0.15, 0.2) is 28.6 Å². The maximum Gasteiger partial charge on any atom is 0.308 e. The zero-order valence-electron chi connectivity index (χ0n) is 17.7. The minimum absolute atomic E-state index is 0.0405. The van der Waals surface area contributed by atoms with Gasteiger partial charge in [0, 0.05) is 36.2 Å². The lowest BCUT2D eigenvalue weighted by Gasteiger charge is -2.32. The van der Waals surface area contributed by atoms with Crippen molar-refractivity contribution < 1.29 is 19.4 Å². The van der Waals surface area contributed by atoms with Crippen molar-refractivity contribution in [1.82, 2.24) is 4.90 Å². The molecule has 1 fully saturated rings. The predicted molar refractivity (Wildman–Crippen MR) is 127 cm³/mol. The molecule has 0 amide bonds. The highest BCUT2D eigenvalue weighted by Gasteiger charge is 2.26. The summed E-state index contributed by atoms with van der Waals surface area (Å²) in [7, 11) is 1.43. The lowest BCUT2D eigenvalue weighted by atomic mass is 9.97. The smallest absolute Gasteiger partial charge is 0.308 e. The highest BCUT2D eigenvalue weighted by atomic mass is 32.1. The van der Waals surface area contributed by atoms with E-state index in [1.165, 1.54) is 24.0 Å². The van der Waals surface area contributed by atoms with E-state index in [0.29, 0.717) is 13.2 Å². The number of aromatic hydroxyl groups is 1. The molecular formula is C23H26N2O4S2. The summed E-state index contributed by atoms with van der Waals surface area (Å²) in [5, 5.41) is 12.8. The Kier molecular flexibility index (Phi) is 6.57. The minimum atomic E-state index is -0.140. The van der Waals surface area contributed by atoms with Crippen molar-refractivity contribution >= 4 is 40.2 Å². The van der Waals surface area contributed by atoms with Crippen molar-refractivity contribution in [3.05, 3.63) is 34.7 Å². The number of hydrogen-bond donors (Lipinski definition) is 1. The first-order chi connectivity index (χ1) is 15.0. The molecule has 2 aromatic rings. The van der Waals surface area contributed by atoms with Gasteiger partial charge in [-0.15, -0.1) is 11.3 Å². The molecule has 164 valence electrons. The predicted octanol–water partition coefficient (Wildman–Crippen LogP) is 4.08. The van der Waals surface area contributed by atoms with Gasteiger partial charge in [0.15, 0.2) is 0 Å². The molecular weight excluding hydrogens is 432 g/mol. The zero-order chi connectivity index (χ0) is 22.0. The number of thiocarbonyl (C=S) groups is 1. The second-order valence-corrected chi connectivity index (χ2v) is 9.18. The number of likely N-dealkylation sites (tertiary alicyclic amines) is 1. The molecule has 0 atom stereocenters. The summed E-state index contributed by atoms with van der Waals surface area (Å²) >= 11 is 7.08. The number of ether oxygens (including phenoxy) is 2. The number of piperidine rings is 1. The summed E-state index contributed by atoms with van der Waals surface area (Å²) < 4.78 is 10.4. The SMILES string of the molecule is COC(=O)C1CCN(C(=S)CN=C(C)c2csc(-c3ccc4c(c3)CCO4)c2O)CC1. The Morgan fingerprint density at radius 3 is 2.90 bits per heavy atom. The van der Waals surface area contributed by atoms with Crippen LogP contribution in [0.25, 0.3) is 10.4 Å². The van der Waals surface area contributed by atoms with Gasteiger partial charge in [-0.1, -0.05) is 12.2 Å². The number of nitrogens with zero attached hydrogens (tertiary/aromatic N) is 2. The van der Waals surface area contributed by atoms with Crippen LogP contribution in [-0.4, -0.2) is 60.0 Å². The first kappa shape index (κ1) is 21.8. The number of aliphatic imine (C=N–C) groups is 1. The quantitative estimate of drug-likeness (QED) is 0.414. The number of esters is 1. The topological polar surface area (TPSA) is 71.4 Å². The van der Waals surface area contributed by atoms with Gasteiger partial charge in [0.2, 0.25) is 0 Å². The van der Waals surface area contributed by atoms with E-state index in [0.717, 1.165) is 64.8 Å². The van der Waals surface area contributed by atoms with Gasteiger partial charge in [-0.2, -0.15) is 0 Å². The largest absolute Gasteiger partial charge is 0.506 e. The van der Waals surface area contributed by atoms with Gasteiger partial charge in [0.1, 0.15) is 11.5 Å². The van der Waals surface area contributed by atoms with Crippen LogP contribution in [0.5, 0.6) is 11.5 Å². The zero-order valence-corrected chi connectivity index (χ0v) is 19.4. The van der Waals surface area contributed by atoms with Crippen molar-refractivity contribution in [1.29, 1.82) is 0 Å². The van der Waals surface area contributed by atoms with Gasteiger partial charge < -0.3 is 19.5 Å². The number of thiophene rings is 1. The van der Waals surface area contributed by atoms with E-state index in [1.54, 1.807) is 0 Å². The van der Waals surface area contributed by atoms with Crippen molar-refractivity contribution in [2.24, 2.45) is 10.9 Å². The van der Waals surface area contributed by atoms with Crippen LogP contribution < -0.4 is 4.74 Å². The van der Waals surface area contributed by atoms with Crippen LogP contribution in [0.2, 0.25) is 0 Å². The van der Waals surface area contributed by atoms with E-state index in [2.05, 4.69) is 16.0 Å². The Balaban J connectivity index is 1.40. The lowest BCUT2D eigenvalue weighted by Crippen LogP contribution is -2.40. The molecule has 6 nitrogen and oxygen atoms in total. The van der Waals surface area contributed by atoms with E-state index in [-0.39, 0.29) is 17.6 Å². The van der Waals surface area contributed by atoms with E-state index in [4.69, 9.17) is 21.7 Å². The third-order valence-corrected chi connectivity index (χ3v) is 7.35. The normalized spacial score (nSPS) is 16.7. The van der Waals surface area contributed by atoms with E-state index in [9.17, 15) is 9.90 Å². The van der Waals surface area contributed by atoms with Crippen molar-refractivity contribution in [2.45, 2.75) is 26.2 Å². The van der Waals surface area contributed by atoms with Crippen LogP contribution in [0.4, 0.5) is 0 Å². The second-order valence-electron chi connectivity index (χ2n) is 7.83. The Hall–Kier alpha value is -2.45. The highest BCUT2D eigenvalue weighted by Crippen LogP contribution is 2.41. The van der Waals surface area contributed by atoms with Crippen molar-refractivity contribution in [2.75, 3.05) is 33.4 Å². The van der Waals surface area contributed by atoms with Crippen LogP contribution in [0.3, 0.4) is 0 Å². The lowest BCUT2D eigenvalue weighted by molar-refractivity contribution is -0.146. The Morgan fingerprint density at radius 1 is 1.39 bits per heavy atom. The second kappa shape index (κ2) is 9.36. The number of benzene rings is 1. The average molecular weight is 459 g/mol. The fourth-order valence-electron chi connectivity index (χ4n) is 4.04. The molecule has 0 unspecified atom stereocenters. The fraction of sp³-hybridized carbons (Fsp3) is 0.435. The summed E-state index contributed by atoms with van der Waals surface area (Å²) in [6, 6.07) is 6.05. The van der Waals surface area contributed by atoms with Gasteiger partial charge in [0.25, 0.3) is 0 Å². The maximum absolute atomic E-state index is 11.7. The van der Waals surface area contributed by atoms with E-state index < -0.39 is 0 Å². The molecule has 1 saturated heterocycles. The summed E-state index contributed by atoms with van der Waals surface area (Å²) in [6.45, 7) is 4.48. The molecule has 0 spiro atoms. The Bertz CT molecular complexity index is 1020. The van der Waals surface area contributed by atoms with Crippen LogP contribution in [-0.2, 0) is 16.0 Å². The standard InChI is InChI=1S/C23H26N2O4S2/c1-14(24-12-20(30)25-8-5-15(6-9-25)23(27)28-2)18-13-31-22(21(18)26)17-3-4-19-16(11-17)7-10-29-19/h3-4,11,13,15,26H,5-10,12H2,1-2H3. The van der Waals surface area contributed by atoms with E-state index in [1.807, 2.05) is 24.4 Å². The molecule has 2 aliphatic heterocycles. The third kappa shape index (κ3) is 4.60. The number of hydrogen-bond acceptors (Lipinski definition) is 7. The highest BCUT2D eigenvalue weighted by molar-refractivity contribution is 7.80. The molecule has 1 N–H and O–H groups in total. The molecule has 0 bridgehead atoms. The minimum Gasteiger partial charge on any atom is -0.506 e. The third-order valence-electron chi connectivity index (χ3n) is 5.94. The van der Waals surface area contributed by atoms with E-state index >= 15 is 0 Å². The van der Waals surface area contributed by atoms with Gasteiger partial charge in [-0.25, -0.2) is 0 Å². The summed E-state index contributed by atoms with van der Waals surface area (Å²) in [4.78, 5) is 20.0. The molecule has 8 heteroatoms. The number of carbonyl (C=O) groups excluding carboxylic acids is 1. The monoisotopic (exact) mass is 458 g/mol. The number of rotatable bonds is 5. The molecule has 3 heterocycles. The maximum atomic E-state index is 11.7. The van der Waals surface area contributed by atoms with Crippen molar-refractivity contribution in [3.63, 3.8) is 0 Å². The van der Waals surface area contributed by atoms with Gasteiger partial charge in [-0.3, -0.25) is 9.79 Å². The molecule has 31 heavy (non-hydrogen) atoms. The first-order valence-corrected chi connectivity index (χ1v) is 11.7. The summed E-state index contributed by atoms with van der Waals surface area (Å²) in [6.07, 6.45) is 2.39. The molecule has 0 radical (unpaired) electrons. The molecule has 4 rings (SSSR count). The molecule has 0 aliphatic carbocycles. The molecule has 1 aromatic heterocycles. The van der Waals surface area contributed by atoms with Crippen LogP contribution in [0, 0.1) is 5.92 Å². The first-order valence-electron chi connectivity index (χ1n) is 10.4. The summed E-state index contributed by atoms with van der Waals surface area (Å²) in [5.74, 6) is 1.01. The van der Waals surface area contributed by atoms with Gasteiger partial charge >= 0.3 is 5.97 Å². The van der Waals surface area contributed by atoms with Crippen molar-refractivity contribution in [3.8, 4) is 21.9 Å². The van der Waals surface area contributed by atoms with Crippen LogP contribution in [0.1, 0.15) is 30.9 Å². The van der Waals surface area contributed by atoms with Crippen LogP contribution >= 0.6 is 23.6 Å². The van der Waals surface area contributed by atoms with Gasteiger partial charge in [0.05, 0.1) is 36.0 Å². The average Bonchev–Trinajstić information content (AvgIpc) is 3.42. The fourth-order valence-corrected chi connectivity index (χ4v) is 5.29. The molecule has 2 aliphatic rings. The number of carbonyl (C=O) groups is 1. The van der Waals surface area contributed by atoms with Gasteiger partial charge in [-0.05, 0) is 49.1 Å². The Morgan fingerprint density at radius 2 is 2.16 bits per heavy atom. The number of methoxy groups -OCH3 is 1. The molecule has 1 aromatic carbocycles. The Labute approximate surface area is 191 Å². The molecule has 0 saturated carbocycles.